The molecule has 0 amide bonds. The van der Waals surface area contributed by atoms with Gasteiger partial charge in [-0.3, -0.25) is 0 Å². The van der Waals surface area contributed by atoms with E-state index in [2.05, 4.69) is 16.6 Å². The summed E-state index contributed by atoms with van der Waals surface area (Å²) in [6, 6.07) is 3.17. The zero-order valence-corrected chi connectivity index (χ0v) is 12.3. The molecule has 21 heavy (non-hydrogen) atoms. The molecule has 1 aromatic rings. The number of halogens is 1. The molecule has 0 radical (unpaired) electrons. The van der Waals surface area contributed by atoms with Gasteiger partial charge in [-0.15, -0.1) is 0 Å². The molecule has 2 unspecified atom stereocenters. The predicted molar refractivity (Wildman–Crippen MR) is 74.5 cm³/mol. The number of hydrogen-bond acceptors (Lipinski definition) is 4. The van der Waals surface area contributed by atoms with Crippen molar-refractivity contribution >= 4 is 10.0 Å². The fraction of sp³-hybridized carbons (Fsp3) is 0.429. The molecule has 0 aromatic heterocycles. The number of benzene rings is 1. The molecule has 2 N–H and O–H groups in total. The van der Waals surface area contributed by atoms with E-state index in [9.17, 15) is 12.8 Å². The van der Waals surface area contributed by atoms with E-state index in [1.807, 2.05) is 0 Å². The van der Waals surface area contributed by atoms with E-state index in [-0.39, 0.29) is 29.2 Å². The van der Waals surface area contributed by atoms with E-state index in [0.717, 1.165) is 6.07 Å². The van der Waals surface area contributed by atoms with Crippen LogP contribution >= 0.6 is 0 Å². The van der Waals surface area contributed by atoms with Crippen molar-refractivity contribution in [2.75, 3.05) is 13.2 Å². The Morgan fingerprint density at radius 1 is 1.52 bits per heavy atom. The normalized spacial score (nSPS) is 21.9. The van der Waals surface area contributed by atoms with Gasteiger partial charge >= 0.3 is 0 Å². The van der Waals surface area contributed by atoms with Crippen molar-refractivity contribution in [3.8, 4) is 11.8 Å². The summed E-state index contributed by atoms with van der Waals surface area (Å²) in [5.41, 5.74) is 0.0422. The van der Waals surface area contributed by atoms with Gasteiger partial charge < -0.3 is 9.84 Å². The average Bonchev–Trinajstić information content (AvgIpc) is 2.82. The monoisotopic (exact) mass is 313 g/mol. The Morgan fingerprint density at radius 2 is 2.29 bits per heavy atom. The van der Waals surface area contributed by atoms with Crippen molar-refractivity contribution in [2.45, 2.75) is 30.4 Å². The molecular formula is C14H16FNO4S. The summed E-state index contributed by atoms with van der Waals surface area (Å²) in [5.74, 6) is 3.98. The number of nitrogens with one attached hydrogen (secondary N) is 1. The molecule has 7 heteroatoms. The lowest BCUT2D eigenvalue weighted by atomic mass is 10.2. The van der Waals surface area contributed by atoms with Crippen LogP contribution in [-0.4, -0.2) is 38.9 Å². The van der Waals surface area contributed by atoms with Gasteiger partial charge in [-0.05, 0) is 31.5 Å². The first-order valence-electron chi connectivity index (χ1n) is 6.47. The molecule has 1 aromatic carbocycles. The number of sulfonamides is 1. The van der Waals surface area contributed by atoms with Crippen molar-refractivity contribution in [2.24, 2.45) is 0 Å². The number of aliphatic hydroxyl groups excluding tert-OH is 1. The first-order chi connectivity index (χ1) is 9.94. The second kappa shape index (κ2) is 6.54. The third-order valence-electron chi connectivity index (χ3n) is 3.24. The van der Waals surface area contributed by atoms with Crippen LogP contribution in [0.1, 0.15) is 18.9 Å². The maximum Gasteiger partial charge on any atom is 0.241 e. The van der Waals surface area contributed by atoms with E-state index < -0.39 is 15.8 Å². The van der Waals surface area contributed by atoms with Gasteiger partial charge in [0.15, 0.2) is 0 Å². The van der Waals surface area contributed by atoms with E-state index in [0.29, 0.717) is 13.0 Å². The average molecular weight is 313 g/mol. The number of hydrogen-bond donors (Lipinski definition) is 2. The van der Waals surface area contributed by atoms with Crippen LogP contribution in [0.15, 0.2) is 23.1 Å². The summed E-state index contributed by atoms with van der Waals surface area (Å²) in [7, 11) is -3.80. The summed E-state index contributed by atoms with van der Waals surface area (Å²) in [4.78, 5) is -0.159. The minimum absolute atomic E-state index is 0.0422. The van der Waals surface area contributed by atoms with Gasteiger partial charge in [0.05, 0.1) is 22.6 Å². The van der Waals surface area contributed by atoms with Crippen LogP contribution in [0.4, 0.5) is 4.39 Å². The fourth-order valence-electron chi connectivity index (χ4n) is 2.05. The number of aliphatic hydroxyl groups is 1. The van der Waals surface area contributed by atoms with Crippen LogP contribution < -0.4 is 4.72 Å². The zero-order valence-electron chi connectivity index (χ0n) is 11.5. The SMILES string of the molecule is CC1OCCC1NS(=O)(=O)c1ccc(C#CCO)c(F)c1. The maximum absolute atomic E-state index is 13.8. The molecule has 0 spiro atoms. The zero-order chi connectivity index (χ0) is 15.5. The van der Waals surface area contributed by atoms with E-state index >= 15 is 0 Å². The molecule has 0 aliphatic carbocycles. The van der Waals surface area contributed by atoms with Crippen molar-refractivity contribution in [1.82, 2.24) is 4.72 Å². The molecule has 114 valence electrons. The van der Waals surface area contributed by atoms with Crippen molar-refractivity contribution in [3.63, 3.8) is 0 Å². The van der Waals surface area contributed by atoms with Crippen LogP contribution in [0.3, 0.4) is 0 Å². The Bertz CT molecular complexity index is 678. The Morgan fingerprint density at radius 3 is 2.86 bits per heavy atom. The van der Waals surface area contributed by atoms with Crippen LogP contribution in [0, 0.1) is 17.7 Å². The summed E-state index contributed by atoms with van der Waals surface area (Å²) < 4.78 is 46.0. The van der Waals surface area contributed by atoms with Crippen molar-refractivity contribution < 1.29 is 22.7 Å². The Labute approximate surface area is 123 Å². The predicted octanol–water partition coefficient (Wildman–Crippen LogP) is 0.625. The molecule has 1 fully saturated rings. The number of ether oxygens (including phenoxy) is 1. The standard InChI is InChI=1S/C14H16FNO4S/c1-10-14(6-8-20-10)16-21(18,19)12-5-4-11(3-2-7-17)13(15)9-12/h4-5,9-10,14,16-17H,6-8H2,1H3. The van der Waals surface area contributed by atoms with Gasteiger partial charge in [0.1, 0.15) is 12.4 Å². The highest BCUT2D eigenvalue weighted by atomic mass is 32.2. The quantitative estimate of drug-likeness (QED) is 0.803. The second-order valence-electron chi connectivity index (χ2n) is 4.69. The van der Waals surface area contributed by atoms with Gasteiger partial charge in [-0.25, -0.2) is 17.5 Å². The molecule has 0 bridgehead atoms. The van der Waals surface area contributed by atoms with E-state index in [4.69, 9.17) is 9.84 Å². The van der Waals surface area contributed by atoms with Crippen LogP contribution in [0.2, 0.25) is 0 Å². The molecule has 1 heterocycles. The molecule has 0 saturated carbocycles. The Kier molecular flexibility index (Phi) is 4.96. The highest BCUT2D eigenvalue weighted by molar-refractivity contribution is 7.89. The van der Waals surface area contributed by atoms with Crippen molar-refractivity contribution in [1.29, 1.82) is 0 Å². The molecule has 2 atom stereocenters. The molecule has 1 saturated heterocycles. The first kappa shape index (κ1) is 15.9. The van der Waals surface area contributed by atoms with Crippen molar-refractivity contribution in [3.05, 3.63) is 29.6 Å². The van der Waals surface area contributed by atoms with Gasteiger partial charge in [0.25, 0.3) is 0 Å². The topological polar surface area (TPSA) is 75.6 Å². The lowest BCUT2D eigenvalue weighted by Crippen LogP contribution is -2.39. The largest absolute Gasteiger partial charge is 0.384 e. The maximum atomic E-state index is 13.8. The third-order valence-corrected chi connectivity index (χ3v) is 4.72. The van der Waals surface area contributed by atoms with Gasteiger partial charge in [0.2, 0.25) is 10.0 Å². The van der Waals surface area contributed by atoms with Crippen LogP contribution in [0.5, 0.6) is 0 Å². The Hall–Kier alpha value is -1.46. The van der Waals surface area contributed by atoms with Gasteiger partial charge in [-0.2, -0.15) is 0 Å². The molecule has 2 rings (SSSR count). The fourth-order valence-corrected chi connectivity index (χ4v) is 3.40. The molecule has 1 aliphatic heterocycles. The lowest BCUT2D eigenvalue weighted by Gasteiger charge is -2.16. The second-order valence-corrected chi connectivity index (χ2v) is 6.41. The highest BCUT2D eigenvalue weighted by Gasteiger charge is 2.29. The summed E-state index contributed by atoms with van der Waals surface area (Å²) in [6.45, 7) is 1.90. The lowest BCUT2D eigenvalue weighted by molar-refractivity contribution is 0.117. The smallest absolute Gasteiger partial charge is 0.241 e. The molecule has 1 aliphatic rings. The van der Waals surface area contributed by atoms with E-state index in [1.165, 1.54) is 12.1 Å². The first-order valence-corrected chi connectivity index (χ1v) is 7.95. The van der Waals surface area contributed by atoms with Crippen LogP contribution in [-0.2, 0) is 14.8 Å². The summed E-state index contributed by atoms with van der Waals surface area (Å²) in [6.07, 6.45) is 0.377. The Balaban J connectivity index is 2.22. The molecular weight excluding hydrogens is 297 g/mol. The summed E-state index contributed by atoms with van der Waals surface area (Å²) in [5, 5.41) is 8.57. The molecule has 5 nitrogen and oxygen atoms in total. The highest BCUT2D eigenvalue weighted by Crippen LogP contribution is 2.18. The number of rotatable bonds is 3. The van der Waals surface area contributed by atoms with Crippen LogP contribution in [0.25, 0.3) is 0 Å². The van der Waals surface area contributed by atoms with E-state index in [1.54, 1.807) is 6.92 Å². The van der Waals surface area contributed by atoms with Gasteiger partial charge in [0, 0.05) is 6.61 Å². The minimum Gasteiger partial charge on any atom is -0.384 e. The minimum atomic E-state index is -3.80. The summed E-state index contributed by atoms with van der Waals surface area (Å²) >= 11 is 0. The van der Waals surface area contributed by atoms with Gasteiger partial charge in [-0.1, -0.05) is 11.8 Å². The third kappa shape index (κ3) is 3.80.